The number of likely N-dealkylation sites (tertiary alicyclic amines) is 2. The number of nitrogens with one attached hydrogen (secondary N) is 1. The molecule has 1 aromatic carbocycles. The molecule has 3 saturated heterocycles. The molecule has 0 aliphatic carbocycles. The molecule has 3 fully saturated rings. The second kappa shape index (κ2) is 12.3. The van der Waals surface area contributed by atoms with E-state index in [4.69, 9.17) is 9.47 Å². The van der Waals surface area contributed by atoms with Crippen molar-refractivity contribution in [2.45, 2.75) is 69.2 Å². The first-order chi connectivity index (χ1) is 21.0. The van der Waals surface area contributed by atoms with Crippen molar-refractivity contribution in [1.82, 2.24) is 29.5 Å². The van der Waals surface area contributed by atoms with Gasteiger partial charge < -0.3 is 24.8 Å². The maximum atomic E-state index is 14.8. The van der Waals surface area contributed by atoms with E-state index in [1.807, 2.05) is 0 Å². The first kappa shape index (κ1) is 30.9. The molecule has 0 radical (unpaired) electrons. The Morgan fingerprint density at radius 3 is 2.70 bits per heavy atom. The summed E-state index contributed by atoms with van der Waals surface area (Å²) in [6.07, 6.45) is -0.975. The van der Waals surface area contributed by atoms with Crippen LogP contribution in [0.25, 0.3) is 11.0 Å². The average molecular weight is 634 g/mol. The lowest BCUT2D eigenvalue weighted by atomic mass is 10.0. The smallest absolute Gasteiger partial charge is 0.275 e. The Labute approximate surface area is 254 Å². The highest BCUT2D eigenvalue weighted by molar-refractivity contribution is 6.76. The molecule has 0 spiro atoms. The Kier molecular flexibility index (Phi) is 8.67. The van der Waals surface area contributed by atoms with Gasteiger partial charge in [-0.2, -0.15) is 5.10 Å². The molecule has 5 heterocycles. The second-order valence-electron chi connectivity index (χ2n) is 13.1. The van der Waals surface area contributed by atoms with E-state index in [9.17, 15) is 23.1 Å². The van der Waals surface area contributed by atoms with Crippen LogP contribution in [0, 0.1) is 11.6 Å². The quantitative estimate of drug-likeness (QED) is 0.256. The molecule has 3 aromatic rings. The molecule has 44 heavy (non-hydrogen) atoms. The summed E-state index contributed by atoms with van der Waals surface area (Å²) in [5, 5.41) is 19.0. The standard InChI is InChI=1S/C29H38F3N7O4Si/c1-44(2,3)7-6-42-16-39-28-25(27(33-15-34-28)35-22-11-37(12-24(22)40)19-13-43-14-19)26(36-39)29(41)38-10-18(31)9-23(38)20-8-17(30)4-5-21(20)32/h4-5,8,15,18-19,22-24,40H,6-7,9-14,16H2,1-3H3,(H,33,34,35)/t18-,22+,23+,24+/m0/s1. The Morgan fingerprint density at radius 1 is 1.18 bits per heavy atom. The molecule has 0 bridgehead atoms. The van der Waals surface area contributed by atoms with E-state index in [1.54, 1.807) is 0 Å². The Bertz CT molecular complexity index is 1520. The summed E-state index contributed by atoms with van der Waals surface area (Å²) >= 11 is 0. The molecular weight excluding hydrogens is 595 g/mol. The van der Waals surface area contributed by atoms with E-state index in [1.165, 1.54) is 15.9 Å². The number of anilines is 1. The molecule has 15 heteroatoms. The van der Waals surface area contributed by atoms with Crippen LogP contribution < -0.4 is 5.32 Å². The number of hydrogen-bond donors (Lipinski definition) is 2. The summed E-state index contributed by atoms with van der Waals surface area (Å²) in [5.41, 5.74) is 0.158. The van der Waals surface area contributed by atoms with Gasteiger partial charge in [-0.3, -0.25) is 9.69 Å². The van der Waals surface area contributed by atoms with Crippen LogP contribution in [0.5, 0.6) is 0 Å². The predicted octanol–water partition coefficient (Wildman–Crippen LogP) is 3.20. The Hall–Kier alpha value is -3.11. The topological polar surface area (TPSA) is 118 Å². The predicted molar refractivity (Wildman–Crippen MR) is 159 cm³/mol. The highest BCUT2D eigenvalue weighted by Gasteiger charge is 2.41. The summed E-state index contributed by atoms with van der Waals surface area (Å²) in [5.74, 6) is -1.79. The largest absolute Gasteiger partial charge is 0.390 e. The minimum absolute atomic E-state index is 0.0138. The lowest BCUT2D eigenvalue weighted by Crippen LogP contribution is -2.48. The minimum atomic E-state index is -1.44. The molecule has 0 unspecified atom stereocenters. The lowest BCUT2D eigenvalue weighted by molar-refractivity contribution is -0.0598. The normalized spacial score (nSPS) is 24.8. The van der Waals surface area contributed by atoms with Gasteiger partial charge in [-0.15, -0.1) is 0 Å². The number of aromatic nitrogens is 4. The van der Waals surface area contributed by atoms with Crippen LogP contribution >= 0.6 is 0 Å². The number of aliphatic hydroxyl groups is 1. The van der Waals surface area contributed by atoms with Crippen molar-refractivity contribution in [2.75, 3.05) is 44.8 Å². The van der Waals surface area contributed by atoms with E-state index < -0.39 is 50.0 Å². The molecule has 0 saturated carbocycles. The number of amides is 1. The molecule has 2 N–H and O–H groups in total. The van der Waals surface area contributed by atoms with Crippen LogP contribution in [0.1, 0.15) is 28.5 Å². The summed E-state index contributed by atoms with van der Waals surface area (Å²) in [6, 6.07) is 2.69. The molecule has 3 aliphatic rings. The molecule has 3 aliphatic heterocycles. The molecule has 6 rings (SSSR count). The lowest BCUT2D eigenvalue weighted by Gasteiger charge is -2.34. The first-order valence-corrected chi connectivity index (χ1v) is 18.6. The van der Waals surface area contributed by atoms with E-state index in [-0.39, 0.29) is 48.2 Å². The number of benzene rings is 1. The highest BCUT2D eigenvalue weighted by atomic mass is 28.3. The summed E-state index contributed by atoms with van der Waals surface area (Å²) in [4.78, 5) is 26.4. The van der Waals surface area contributed by atoms with Crippen LogP contribution in [0.2, 0.25) is 25.7 Å². The third-order valence-corrected chi connectivity index (χ3v) is 10.3. The zero-order valence-corrected chi connectivity index (χ0v) is 26.0. The van der Waals surface area contributed by atoms with E-state index in [0.29, 0.717) is 38.6 Å². The molecule has 11 nitrogen and oxygen atoms in total. The number of hydrogen-bond acceptors (Lipinski definition) is 9. The zero-order chi connectivity index (χ0) is 31.2. The van der Waals surface area contributed by atoms with Crippen molar-refractivity contribution in [1.29, 1.82) is 0 Å². The molecule has 1 amide bonds. The third kappa shape index (κ3) is 6.33. The van der Waals surface area contributed by atoms with Crippen LogP contribution in [-0.2, 0) is 16.2 Å². The van der Waals surface area contributed by atoms with Gasteiger partial charge in [-0.1, -0.05) is 19.6 Å². The summed E-state index contributed by atoms with van der Waals surface area (Å²) < 4.78 is 56.5. The molecular formula is C29H38F3N7O4Si. The van der Waals surface area contributed by atoms with Crippen LogP contribution in [0.15, 0.2) is 24.5 Å². The van der Waals surface area contributed by atoms with Crippen molar-refractivity contribution in [3.05, 3.63) is 47.4 Å². The Balaban J connectivity index is 1.34. The van der Waals surface area contributed by atoms with Crippen molar-refractivity contribution in [2.24, 2.45) is 0 Å². The van der Waals surface area contributed by atoms with Gasteiger partial charge in [0.2, 0.25) is 0 Å². The number of alkyl halides is 1. The fraction of sp³-hybridized carbons (Fsp3) is 0.586. The van der Waals surface area contributed by atoms with E-state index in [2.05, 4.69) is 44.9 Å². The maximum absolute atomic E-state index is 14.8. The van der Waals surface area contributed by atoms with Gasteiger partial charge in [-0.05, 0) is 24.2 Å². The number of aliphatic hydroxyl groups excluding tert-OH is 1. The van der Waals surface area contributed by atoms with Crippen molar-refractivity contribution in [3.8, 4) is 0 Å². The van der Waals surface area contributed by atoms with Crippen molar-refractivity contribution >= 4 is 30.8 Å². The number of nitrogens with zero attached hydrogens (tertiary/aromatic N) is 6. The van der Waals surface area contributed by atoms with Crippen molar-refractivity contribution < 1.29 is 32.5 Å². The van der Waals surface area contributed by atoms with Gasteiger partial charge in [0, 0.05) is 39.8 Å². The Morgan fingerprint density at radius 2 is 1.98 bits per heavy atom. The summed E-state index contributed by atoms with van der Waals surface area (Å²) in [7, 11) is -1.36. The third-order valence-electron chi connectivity index (χ3n) is 8.55. The molecule has 238 valence electrons. The second-order valence-corrected chi connectivity index (χ2v) is 18.7. The average Bonchev–Trinajstić information content (AvgIpc) is 3.61. The number of ether oxygens (including phenoxy) is 2. The van der Waals surface area contributed by atoms with Crippen LogP contribution in [0.4, 0.5) is 19.0 Å². The zero-order valence-electron chi connectivity index (χ0n) is 25.0. The van der Waals surface area contributed by atoms with Gasteiger partial charge in [0.15, 0.2) is 11.3 Å². The highest BCUT2D eigenvalue weighted by Crippen LogP contribution is 2.38. The number of fused-ring (bicyclic) bond motifs is 1. The maximum Gasteiger partial charge on any atom is 0.275 e. The SMILES string of the molecule is C[Si](C)(C)CCOCn1nc(C(=O)N2C[C@@H](F)C[C@@H]2c2cc(F)ccc2F)c2c(N[C@@H]3CN(C4COC4)C[C@H]3O)ncnc21. The van der Waals surface area contributed by atoms with Crippen LogP contribution in [-0.4, -0.2) is 112 Å². The number of halogens is 3. The number of β-amino-alcohol motifs (C(OH)–C–C–N with tert-alkyl or cyclic N) is 1. The number of rotatable bonds is 10. The van der Waals surface area contributed by atoms with E-state index in [0.717, 1.165) is 24.2 Å². The number of carbonyl (C=O) groups is 1. The first-order valence-electron chi connectivity index (χ1n) is 14.9. The van der Waals surface area contributed by atoms with Gasteiger partial charge in [0.1, 0.15) is 36.7 Å². The van der Waals surface area contributed by atoms with Crippen molar-refractivity contribution in [3.63, 3.8) is 0 Å². The molecule has 4 atom stereocenters. The fourth-order valence-electron chi connectivity index (χ4n) is 5.96. The van der Waals surface area contributed by atoms with Crippen LogP contribution in [0.3, 0.4) is 0 Å². The fourth-order valence-corrected chi connectivity index (χ4v) is 6.72. The van der Waals surface area contributed by atoms with E-state index >= 15 is 0 Å². The minimum Gasteiger partial charge on any atom is -0.390 e. The van der Waals surface area contributed by atoms with Gasteiger partial charge >= 0.3 is 0 Å². The van der Waals surface area contributed by atoms with Gasteiger partial charge in [0.05, 0.1) is 49.4 Å². The summed E-state index contributed by atoms with van der Waals surface area (Å²) in [6.45, 7) is 9.14. The monoisotopic (exact) mass is 633 g/mol. The van der Waals surface area contributed by atoms with Gasteiger partial charge in [0.25, 0.3) is 5.91 Å². The molecule has 2 aromatic heterocycles. The number of carbonyl (C=O) groups excluding carboxylic acids is 1. The van der Waals surface area contributed by atoms with Gasteiger partial charge in [-0.25, -0.2) is 27.8 Å².